The maximum Gasteiger partial charge on any atom is 0.236 e. The lowest BCUT2D eigenvalue weighted by Crippen LogP contribution is -2.54. The maximum atomic E-state index is 13.0. The summed E-state index contributed by atoms with van der Waals surface area (Å²) in [6, 6.07) is 10.5. The lowest BCUT2D eigenvalue weighted by molar-refractivity contribution is -0.139. The molecule has 2 atom stereocenters. The largest absolute Gasteiger partial charge is 0.342 e. The molecule has 7 heteroatoms. The monoisotopic (exact) mass is 440 g/mol. The van der Waals surface area contributed by atoms with Crippen molar-refractivity contribution in [3.63, 3.8) is 0 Å². The molecule has 0 bridgehead atoms. The first-order chi connectivity index (χ1) is 15.5. The molecule has 0 aromatic heterocycles. The quantitative estimate of drug-likeness (QED) is 0.675. The minimum absolute atomic E-state index is 0.0826. The molecule has 3 fully saturated rings. The van der Waals surface area contributed by atoms with Gasteiger partial charge in [-0.15, -0.1) is 0 Å². The second kappa shape index (κ2) is 10.5. The number of benzene rings is 1. The Labute approximate surface area is 191 Å². The van der Waals surface area contributed by atoms with E-state index in [0.717, 1.165) is 38.9 Å². The summed E-state index contributed by atoms with van der Waals surface area (Å²) in [4.78, 5) is 46.1. The number of carbonyl (C=O) groups excluding carboxylic acids is 3. The normalized spacial score (nSPS) is 24.8. The smallest absolute Gasteiger partial charge is 0.236 e. The fraction of sp³-hybridized carbons (Fsp3) is 0.640. The van der Waals surface area contributed by atoms with E-state index in [-0.39, 0.29) is 23.6 Å². The fourth-order valence-corrected chi connectivity index (χ4v) is 5.20. The van der Waals surface area contributed by atoms with Gasteiger partial charge in [0, 0.05) is 58.3 Å². The van der Waals surface area contributed by atoms with Gasteiger partial charge in [0.05, 0.1) is 12.5 Å². The summed E-state index contributed by atoms with van der Waals surface area (Å²) >= 11 is 0. The molecular formula is C25H36N4O3. The Bertz CT molecular complexity index is 807. The first kappa shape index (κ1) is 22.8. The van der Waals surface area contributed by atoms with E-state index in [9.17, 15) is 14.4 Å². The van der Waals surface area contributed by atoms with Crippen molar-refractivity contribution in [1.29, 1.82) is 0 Å². The molecule has 2 unspecified atom stereocenters. The molecule has 0 saturated carbocycles. The molecule has 4 rings (SSSR count). The molecule has 0 aliphatic carbocycles. The number of likely N-dealkylation sites (tertiary alicyclic amines) is 2. The minimum Gasteiger partial charge on any atom is -0.342 e. The molecule has 0 spiro atoms. The van der Waals surface area contributed by atoms with Crippen molar-refractivity contribution in [2.45, 2.75) is 45.1 Å². The lowest BCUT2D eigenvalue weighted by Gasteiger charge is -2.38. The van der Waals surface area contributed by atoms with E-state index in [2.05, 4.69) is 24.0 Å². The van der Waals surface area contributed by atoms with Crippen LogP contribution in [-0.4, -0.2) is 95.7 Å². The van der Waals surface area contributed by atoms with Crippen LogP contribution in [0.1, 0.15) is 38.2 Å². The molecule has 0 N–H and O–H groups in total. The molecule has 3 aliphatic heterocycles. The Balaban J connectivity index is 1.21. The summed E-state index contributed by atoms with van der Waals surface area (Å²) in [5.74, 6) is 0.156. The van der Waals surface area contributed by atoms with Gasteiger partial charge >= 0.3 is 0 Å². The lowest BCUT2D eigenvalue weighted by atomic mass is 10.0. The molecule has 1 aromatic rings. The molecular weight excluding hydrogens is 404 g/mol. The van der Waals surface area contributed by atoms with Crippen molar-refractivity contribution >= 4 is 17.7 Å². The molecule has 174 valence electrons. The zero-order valence-corrected chi connectivity index (χ0v) is 19.2. The van der Waals surface area contributed by atoms with E-state index in [1.165, 1.54) is 12.0 Å². The van der Waals surface area contributed by atoms with E-state index >= 15 is 0 Å². The maximum absolute atomic E-state index is 13.0. The molecule has 7 nitrogen and oxygen atoms in total. The SMILES string of the molecule is CC1CCCCN1C(=O)CN1CCN(C(=O)C2CC(=O)N(CCc3ccccc3)C2)CC1. The highest BCUT2D eigenvalue weighted by Gasteiger charge is 2.37. The average Bonchev–Trinajstić information content (AvgIpc) is 3.19. The summed E-state index contributed by atoms with van der Waals surface area (Å²) in [6.07, 6.45) is 4.53. The van der Waals surface area contributed by atoms with Gasteiger partial charge in [-0.3, -0.25) is 19.3 Å². The Morgan fingerprint density at radius 2 is 1.75 bits per heavy atom. The Morgan fingerprint density at radius 3 is 2.47 bits per heavy atom. The third-order valence-electron chi connectivity index (χ3n) is 7.24. The number of piperazine rings is 1. The highest BCUT2D eigenvalue weighted by molar-refractivity contribution is 5.89. The van der Waals surface area contributed by atoms with E-state index in [1.807, 2.05) is 32.9 Å². The van der Waals surface area contributed by atoms with Crippen molar-refractivity contribution in [3.05, 3.63) is 35.9 Å². The van der Waals surface area contributed by atoms with Crippen LogP contribution in [-0.2, 0) is 20.8 Å². The van der Waals surface area contributed by atoms with Gasteiger partial charge in [0.2, 0.25) is 17.7 Å². The predicted molar refractivity (Wildman–Crippen MR) is 123 cm³/mol. The standard InChI is InChI=1S/C25H36N4O3/c1-20-7-5-6-11-29(20)24(31)19-26-13-15-27(16-14-26)25(32)22-17-23(30)28(18-22)12-10-21-8-3-2-4-9-21/h2-4,8-9,20,22H,5-7,10-19H2,1H3. The second-order valence-corrected chi connectivity index (χ2v) is 9.51. The summed E-state index contributed by atoms with van der Waals surface area (Å²) in [5, 5.41) is 0. The van der Waals surface area contributed by atoms with Crippen LogP contribution in [0.5, 0.6) is 0 Å². The van der Waals surface area contributed by atoms with Gasteiger partial charge in [-0.1, -0.05) is 30.3 Å². The molecule has 3 amide bonds. The summed E-state index contributed by atoms with van der Waals surface area (Å²) < 4.78 is 0. The van der Waals surface area contributed by atoms with Crippen LogP contribution in [0, 0.1) is 5.92 Å². The number of amides is 3. The van der Waals surface area contributed by atoms with Crippen LogP contribution in [0.4, 0.5) is 0 Å². The average molecular weight is 441 g/mol. The minimum atomic E-state index is -0.236. The van der Waals surface area contributed by atoms with Gasteiger partial charge in [-0.25, -0.2) is 0 Å². The highest BCUT2D eigenvalue weighted by Crippen LogP contribution is 2.22. The number of hydrogen-bond donors (Lipinski definition) is 0. The molecule has 32 heavy (non-hydrogen) atoms. The van der Waals surface area contributed by atoms with E-state index < -0.39 is 0 Å². The third kappa shape index (κ3) is 5.49. The Hall–Kier alpha value is -2.41. The van der Waals surface area contributed by atoms with Gasteiger partial charge < -0.3 is 14.7 Å². The van der Waals surface area contributed by atoms with E-state index in [0.29, 0.717) is 45.2 Å². The number of hydrogen-bond acceptors (Lipinski definition) is 4. The zero-order chi connectivity index (χ0) is 22.5. The molecule has 3 heterocycles. The van der Waals surface area contributed by atoms with Crippen LogP contribution < -0.4 is 0 Å². The molecule has 3 saturated heterocycles. The predicted octanol–water partition coefficient (Wildman–Crippen LogP) is 1.62. The van der Waals surface area contributed by atoms with E-state index in [4.69, 9.17) is 0 Å². The van der Waals surface area contributed by atoms with Crippen LogP contribution >= 0.6 is 0 Å². The third-order valence-corrected chi connectivity index (χ3v) is 7.24. The number of nitrogens with zero attached hydrogens (tertiary/aromatic N) is 4. The van der Waals surface area contributed by atoms with Crippen molar-refractivity contribution < 1.29 is 14.4 Å². The van der Waals surface area contributed by atoms with Gasteiger partial charge in [-0.2, -0.15) is 0 Å². The first-order valence-corrected chi connectivity index (χ1v) is 12.1. The fourth-order valence-electron chi connectivity index (χ4n) is 5.20. The topological polar surface area (TPSA) is 64.2 Å². The van der Waals surface area contributed by atoms with Gasteiger partial charge in [0.25, 0.3) is 0 Å². The Morgan fingerprint density at radius 1 is 1.00 bits per heavy atom. The van der Waals surface area contributed by atoms with Crippen LogP contribution in [0.25, 0.3) is 0 Å². The van der Waals surface area contributed by atoms with Crippen molar-refractivity contribution in [2.24, 2.45) is 5.92 Å². The Kier molecular flexibility index (Phi) is 7.45. The van der Waals surface area contributed by atoms with Crippen molar-refractivity contribution in [3.8, 4) is 0 Å². The van der Waals surface area contributed by atoms with Crippen LogP contribution in [0.15, 0.2) is 30.3 Å². The summed E-state index contributed by atoms with van der Waals surface area (Å²) in [5.41, 5.74) is 1.21. The second-order valence-electron chi connectivity index (χ2n) is 9.51. The van der Waals surface area contributed by atoms with Crippen molar-refractivity contribution in [1.82, 2.24) is 19.6 Å². The molecule has 3 aliphatic rings. The number of rotatable bonds is 6. The number of piperidine rings is 1. The summed E-state index contributed by atoms with van der Waals surface area (Å²) in [7, 11) is 0. The highest BCUT2D eigenvalue weighted by atomic mass is 16.2. The molecule has 1 aromatic carbocycles. The zero-order valence-electron chi connectivity index (χ0n) is 19.2. The molecule has 0 radical (unpaired) electrons. The van der Waals surface area contributed by atoms with Crippen LogP contribution in [0.3, 0.4) is 0 Å². The van der Waals surface area contributed by atoms with Gasteiger partial charge in [-0.05, 0) is 38.2 Å². The number of carbonyl (C=O) groups is 3. The van der Waals surface area contributed by atoms with Crippen molar-refractivity contribution in [2.75, 3.05) is 52.4 Å². The van der Waals surface area contributed by atoms with Gasteiger partial charge in [0.1, 0.15) is 0 Å². The van der Waals surface area contributed by atoms with Crippen LogP contribution in [0.2, 0.25) is 0 Å². The summed E-state index contributed by atoms with van der Waals surface area (Å²) in [6.45, 7) is 7.35. The van der Waals surface area contributed by atoms with E-state index in [1.54, 1.807) is 0 Å². The first-order valence-electron chi connectivity index (χ1n) is 12.1. The van der Waals surface area contributed by atoms with Gasteiger partial charge in [0.15, 0.2) is 0 Å².